The van der Waals surface area contributed by atoms with Crippen LogP contribution in [0.5, 0.6) is 5.75 Å². The summed E-state index contributed by atoms with van der Waals surface area (Å²) in [5.41, 5.74) is 5.08. The van der Waals surface area contributed by atoms with Crippen molar-refractivity contribution in [3.63, 3.8) is 0 Å². The Balaban J connectivity index is 1.30. The largest absolute Gasteiger partial charge is 0.493 e. The van der Waals surface area contributed by atoms with Gasteiger partial charge in [0.15, 0.2) is 0 Å². The van der Waals surface area contributed by atoms with E-state index in [1.165, 1.54) is 5.56 Å². The highest BCUT2D eigenvalue weighted by molar-refractivity contribution is 5.95. The number of unbranched alkanes of at least 4 members (excludes halogenated alkanes) is 1. The predicted octanol–water partition coefficient (Wildman–Crippen LogP) is 6.30. The summed E-state index contributed by atoms with van der Waals surface area (Å²) in [6.07, 6.45) is 6.33. The van der Waals surface area contributed by atoms with Gasteiger partial charge < -0.3 is 14.6 Å². The Labute approximate surface area is 213 Å². The molecule has 5 nitrogen and oxygen atoms in total. The highest BCUT2D eigenvalue weighted by Gasteiger charge is 2.11. The lowest BCUT2D eigenvalue weighted by atomic mass is 10.1. The van der Waals surface area contributed by atoms with E-state index >= 15 is 0 Å². The third-order valence-electron chi connectivity index (χ3n) is 6.36. The number of fused-ring (bicyclic) bond motifs is 1. The number of hydrogen-bond donors (Lipinski definition) is 1. The van der Waals surface area contributed by atoms with Crippen LogP contribution in [0.2, 0.25) is 0 Å². The van der Waals surface area contributed by atoms with E-state index in [0.29, 0.717) is 13.2 Å². The van der Waals surface area contributed by atoms with E-state index in [1.807, 2.05) is 61.5 Å². The number of aryl methyl sites for hydroxylation is 3. The van der Waals surface area contributed by atoms with E-state index in [-0.39, 0.29) is 5.91 Å². The van der Waals surface area contributed by atoms with Crippen molar-refractivity contribution in [2.45, 2.75) is 45.6 Å². The molecule has 0 radical (unpaired) electrons. The summed E-state index contributed by atoms with van der Waals surface area (Å²) in [4.78, 5) is 17.4. The van der Waals surface area contributed by atoms with Gasteiger partial charge in [-0.3, -0.25) is 4.79 Å². The van der Waals surface area contributed by atoms with Crippen LogP contribution in [0, 0.1) is 6.92 Å². The monoisotopic (exact) mass is 481 g/mol. The van der Waals surface area contributed by atoms with Crippen molar-refractivity contribution < 1.29 is 9.53 Å². The van der Waals surface area contributed by atoms with Gasteiger partial charge in [-0.2, -0.15) is 0 Å². The molecule has 0 spiro atoms. The van der Waals surface area contributed by atoms with Gasteiger partial charge in [0.05, 0.1) is 17.6 Å². The molecule has 1 N–H and O–H groups in total. The summed E-state index contributed by atoms with van der Waals surface area (Å²) in [5, 5.41) is 3.05. The molecule has 3 aromatic carbocycles. The van der Waals surface area contributed by atoms with Crippen LogP contribution in [-0.4, -0.2) is 28.6 Å². The number of nitrogens with zero attached hydrogens (tertiary/aromatic N) is 2. The highest BCUT2D eigenvalue weighted by Crippen LogP contribution is 2.20. The molecule has 0 aliphatic carbocycles. The minimum Gasteiger partial charge on any atom is -0.493 e. The Kier molecular flexibility index (Phi) is 8.92. The lowest BCUT2D eigenvalue weighted by Crippen LogP contribution is -2.25. The molecule has 4 rings (SSSR count). The first-order valence-electron chi connectivity index (χ1n) is 12.8. The lowest BCUT2D eigenvalue weighted by Gasteiger charge is -2.12. The van der Waals surface area contributed by atoms with Gasteiger partial charge in [-0.25, -0.2) is 4.98 Å². The fourth-order valence-corrected chi connectivity index (χ4v) is 4.46. The van der Waals surface area contributed by atoms with Crippen LogP contribution in [0.4, 0.5) is 0 Å². The van der Waals surface area contributed by atoms with Crippen molar-refractivity contribution in [1.82, 2.24) is 14.9 Å². The van der Waals surface area contributed by atoms with Crippen LogP contribution in [0.1, 0.15) is 46.6 Å². The van der Waals surface area contributed by atoms with Crippen LogP contribution in [-0.2, 0) is 19.4 Å². The molecule has 1 amide bonds. The van der Waals surface area contributed by atoms with Gasteiger partial charge in [0, 0.05) is 25.1 Å². The van der Waals surface area contributed by atoms with E-state index in [4.69, 9.17) is 9.72 Å². The van der Waals surface area contributed by atoms with Crippen LogP contribution in [0.25, 0.3) is 11.0 Å². The number of benzene rings is 3. The average Bonchev–Trinajstić information content (AvgIpc) is 3.25. The van der Waals surface area contributed by atoms with Crippen LogP contribution >= 0.6 is 0 Å². The Morgan fingerprint density at radius 2 is 1.78 bits per heavy atom. The Bertz CT molecular complexity index is 1310. The number of imidazole rings is 1. The van der Waals surface area contributed by atoms with Gasteiger partial charge in [0.2, 0.25) is 0 Å². The smallest absolute Gasteiger partial charge is 0.251 e. The number of ether oxygens (including phenoxy) is 1. The topological polar surface area (TPSA) is 56.1 Å². The molecule has 0 fully saturated rings. The molecule has 0 unspecified atom stereocenters. The molecular formula is C31H35N3O2. The van der Waals surface area contributed by atoms with Gasteiger partial charge in [0.1, 0.15) is 11.6 Å². The quantitative estimate of drug-likeness (QED) is 0.180. The van der Waals surface area contributed by atoms with Crippen molar-refractivity contribution in [2.75, 3.05) is 13.2 Å². The number of carbonyl (C=O) groups is 1. The highest BCUT2D eigenvalue weighted by atomic mass is 16.5. The third kappa shape index (κ3) is 6.42. The first-order valence-corrected chi connectivity index (χ1v) is 12.8. The first-order chi connectivity index (χ1) is 17.7. The number of nitrogens with one attached hydrogen (secondary N) is 1. The minimum absolute atomic E-state index is 0.0173. The zero-order valence-corrected chi connectivity index (χ0v) is 21.1. The van der Waals surface area contributed by atoms with E-state index in [2.05, 4.69) is 40.7 Å². The summed E-state index contributed by atoms with van der Waals surface area (Å²) in [7, 11) is 0. The fourth-order valence-electron chi connectivity index (χ4n) is 4.46. The Morgan fingerprint density at radius 3 is 2.64 bits per heavy atom. The number of allylic oxidation sites excluding steroid dienone is 1. The number of hydrogen-bond acceptors (Lipinski definition) is 3. The molecule has 186 valence electrons. The number of amides is 1. The summed E-state index contributed by atoms with van der Waals surface area (Å²) in [6, 6.07) is 24.1. The summed E-state index contributed by atoms with van der Waals surface area (Å²) in [6.45, 7) is 7.99. The molecule has 36 heavy (non-hydrogen) atoms. The van der Waals surface area contributed by atoms with Gasteiger partial charge in [-0.05, 0) is 68.0 Å². The Morgan fingerprint density at radius 1 is 1.00 bits per heavy atom. The van der Waals surface area contributed by atoms with Crippen LogP contribution < -0.4 is 10.1 Å². The zero-order valence-electron chi connectivity index (χ0n) is 21.1. The average molecular weight is 482 g/mol. The molecule has 0 atom stereocenters. The number of carbonyl (C=O) groups excluding carboxylic acids is 1. The molecule has 0 bridgehead atoms. The third-order valence-corrected chi connectivity index (χ3v) is 6.36. The maximum atomic E-state index is 12.5. The minimum atomic E-state index is -0.0173. The van der Waals surface area contributed by atoms with Crippen LogP contribution in [0.15, 0.2) is 85.5 Å². The molecule has 0 aliphatic heterocycles. The molecule has 0 aliphatic rings. The van der Waals surface area contributed by atoms with E-state index in [9.17, 15) is 4.79 Å². The van der Waals surface area contributed by atoms with Crippen molar-refractivity contribution in [2.24, 2.45) is 0 Å². The fraction of sp³-hybridized carbons (Fsp3) is 0.290. The van der Waals surface area contributed by atoms with E-state index < -0.39 is 0 Å². The second kappa shape index (κ2) is 12.7. The van der Waals surface area contributed by atoms with Crippen molar-refractivity contribution in [3.05, 3.63) is 108 Å². The molecule has 5 heteroatoms. The van der Waals surface area contributed by atoms with Gasteiger partial charge >= 0.3 is 0 Å². The lowest BCUT2D eigenvalue weighted by molar-refractivity contribution is 0.0952. The number of rotatable bonds is 13. The second-order valence-electron chi connectivity index (χ2n) is 9.00. The van der Waals surface area contributed by atoms with Gasteiger partial charge in [-0.1, -0.05) is 54.6 Å². The molecule has 4 aromatic rings. The molecule has 1 aromatic heterocycles. The second-order valence-corrected chi connectivity index (χ2v) is 9.00. The van der Waals surface area contributed by atoms with Crippen molar-refractivity contribution in [1.29, 1.82) is 0 Å². The van der Waals surface area contributed by atoms with E-state index in [1.54, 1.807) is 0 Å². The van der Waals surface area contributed by atoms with E-state index in [0.717, 1.165) is 72.4 Å². The number of para-hydroxylation sites is 3. The van der Waals surface area contributed by atoms with Gasteiger partial charge in [0.25, 0.3) is 5.91 Å². The molecule has 0 saturated carbocycles. The zero-order chi connectivity index (χ0) is 25.2. The summed E-state index contributed by atoms with van der Waals surface area (Å²) >= 11 is 0. The standard InChI is InChI=1S/C31H35N3O2/c1-3-13-25-15-5-9-19-29(25)36-23-11-10-22-34-28-18-8-7-17-27(28)33-30(34)20-12-21-32-31(35)26-16-6-4-14-24(26)2/h3-9,14-19H,1,10-13,20-23H2,2H3,(H,32,35). The molecular weight excluding hydrogens is 446 g/mol. The van der Waals surface area contributed by atoms with Crippen molar-refractivity contribution >= 4 is 16.9 Å². The first kappa shape index (κ1) is 25.2. The SMILES string of the molecule is C=CCc1ccccc1OCCCCn1c(CCCNC(=O)c2ccccc2C)nc2ccccc21. The predicted molar refractivity (Wildman–Crippen MR) is 147 cm³/mol. The van der Waals surface area contributed by atoms with Crippen molar-refractivity contribution in [3.8, 4) is 5.75 Å². The maximum absolute atomic E-state index is 12.5. The summed E-state index contributed by atoms with van der Waals surface area (Å²) < 4.78 is 8.38. The van der Waals surface area contributed by atoms with Gasteiger partial charge in [-0.15, -0.1) is 6.58 Å². The summed E-state index contributed by atoms with van der Waals surface area (Å²) in [5.74, 6) is 1.99. The maximum Gasteiger partial charge on any atom is 0.251 e. The molecule has 0 saturated heterocycles. The normalized spacial score (nSPS) is 10.9. The van der Waals surface area contributed by atoms with Crippen LogP contribution in [0.3, 0.4) is 0 Å². The number of aromatic nitrogens is 2. The Hall–Kier alpha value is -3.86. The molecule has 1 heterocycles.